The van der Waals surface area contributed by atoms with Gasteiger partial charge in [0.15, 0.2) is 0 Å². The van der Waals surface area contributed by atoms with E-state index in [0.717, 1.165) is 103 Å². The third-order valence-electron chi connectivity index (χ3n) is 10.2. The maximum Gasteiger partial charge on any atom is 0.305 e. The monoisotopic (exact) mass is 873 g/mol. The first-order valence-corrected chi connectivity index (χ1v) is 22.7. The van der Waals surface area contributed by atoms with Crippen LogP contribution in [0.5, 0.6) is 0 Å². The molecule has 0 unspecified atom stereocenters. The molecule has 0 bridgehead atoms. The molecule has 16 heteroatoms. The highest BCUT2D eigenvalue weighted by atomic mass is 16.6. The summed E-state index contributed by atoms with van der Waals surface area (Å²) < 4.78 is 22.7. The van der Waals surface area contributed by atoms with Crippen molar-refractivity contribution in [2.45, 2.75) is 205 Å². The van der Waals surface area contributed by atoms with Gasteiger partial charge in [-0.2, -0.15) is 0 Å². The third-order valence-corrected chi connectivity index (χ3v) is 10.2. The fraction of sp³-hybridized carbons (Fsp3) is 0.822. The number of aliphatic carboxylic acids is 4. The highest BCUT2D eigenvalue weighted by molar-refractivity contribution is 5.71. The van der Waals surface area contributed by atoms with Gasteiger partial charge in [0.1, 0.15) is 31.8 Å². The summed E-state index contributed by atoms with van der Waals surface area (Å²) in [7, 11) is 0. The number of ether oxygens (including phenoxy) is 4. The highest BCUT2D eigenvalue weighted by Crippen LogP contribution is 2.24. The smallest absolute Gasteiger partial charge is 0.305 e. The van der Waals surface area contributed by atoms with Crippen molar-refractivity contribution < 1.29 is 77.7 Å². The van der Waals surface area contributed by atoms with Crippen LogP contribution in [0.25, 0.3) is 0 Å². The first kappa shape index (κ1) is 56.8. The van der Waals surface area contributed by atoms with Crippen LogP contribution in [-0.2, 0) is 57.3 Å². The number of rotatable bonds is 44. The van der Waals surface area contributed by atoms with E-state index in [-0.39, 0.29) is 77.8 Å². The van der Waals surface area contributed by atoms with Crippen LogP contribution in [0.3, 0.4) is 0 Å². The van der Waals surface area contributed by atoms with E-state index in [4.69, 9.17) is 39.4 Å². The van der Waals surface area contributed by atoms with E-state index in [1.807, 2.05) is 0 Å². The summed E-state index contributed by atoms with van der Waals surface area (Å²) in [5, 5.41) is 35.2. The Labute approximate surface area is 362 Å². The van der Waals surface area contributed by atoms with Crippen LogP contribution in [-0.4, -0.2) is 94.6 Å². The molecular weight excluding hydrogens is 796 g/mol. The molecule has 0 amide bonds. The summed E-state index contributed by atoms with van der Waals surface area (Å²) in [5.74, 6) is -5.38. The first-order chi connectivity index (χ1) is 29.2. The van der Waals surface area contributed by atoms with Gasteiger partial charge in [0.25, 0.3) is 0 Å². The van der Waals surface area contributed by atoms with Crippen LogP contribution >= 0.6 is 0 Å². The Hall–Kier alpha value is -4.24. The van der Waals surface area contributed by atoms with Crippen molar-refractivity contribution in [1.29, 1.82) is 0 Å². The van der Waals surface area contributed by atoms with Gasteiger partial charge in [0.05, 0.1) is 0 Å². The lowest BCUT2D eigenvalue weighted by Crippen LogP contribution is -2.44. The number of carbonyl (C=O) groups excluding carboxylic acids is 4. The third kappa shape index (κ3) is 39.6. The Bertz CT molecular complexity index is 1060. The Kier molecular flexibility index (Phi) is 36.0. The van der Waals surface area contributed by atoms with Gasteiger partial charge in [-0.15, -0.1) is 0 Å². The molecular formula is C45H76O16. The largest absolute Gasteiger partial charge is 0.481 e. The van der Waals surface area contributed by atoms with Crippen LogP contribution in [0.2, 0.25) is 0 Å². The van der Waals surface area contributed by atoms with Gasteiger partial charge in [-0.05, 0) is 51.4 Å². The zero-order valence-corrected chi connectivity index (χ0v) is 36.6. The molecule has 0 rings (SSSR count). The van der Waals surface area contributed by atoms with Crippen LogP contribution in [0, 0.1) is 5.41 Å². The van der Waals surface area contributed by atoms with Crippen molar-refractivity contribution in [3.05, 3.63) is 0 Å². The van der Waals surface area contributed by atoms with Crippen molar-refractivity contribution >= 4 is 47.8 Å². The molecule has 0 aromatic rings. The molecule has 61 heavy (non-hydrogen) atoms. The van der Waals surface area contributed by atoms with Gasteiger partial charge in [-0.3, -0.25) is 38.4 Å². The molecule has 0 saturated heterocycles. The molecule has 0 aromatic heterocycles. The molecule has 0 aliphatic carbocycles. The summed E-state index contributed by atoms with van der Waals surface area (Å²) in [4.78, 5) is 94.6. The predicted octanol–water partition coefficient (Wildman–Crippen LogP) is 8.97. The van der Waals surface area contributed by atoms with Crippen molar-refractivity contribution in [3.8, 4) is 0 Å². The summed E-state index contributed by atoms with van der Waals surface area (Å²) in [5.41, 5.74) is -1.39. The normalized spacial score (nSPS) is 11.1. The van der Waals surface area contributed by atoms with Crippen LogP contribution in [0.15, 0.2) is 0 Å². The van der Waals surface area contributed by atoms with Gasteiger partial charge in [-0.1, -0.05) is 103 Å². The van der Waals surface area contributed by atoms with Gasteiger partial charge in [0, 0.05) is 51.4 Å². The fourth-order valence-corrected chi connectivity index (χ4v) is 6.48. The van der Waals surface area contributed by atoms with Crippen LogP contribution < -0.4 is 0 Å². The Morgan fingerprint density at radius 3 is 0.557 bits per heavy atom. The predicted molar refractivity (Wildman–Crippen MR) is 225 cm³/mol. The average molecular weight is 873 g/mol. The molecule has 352 valence electrons. The molecule has 16 nitrogen and oxygen atoms in total. The molecule has 4 N–H and O–H groups in total. The average Bonchev–Trinajstić information content (AvgIpc) is 3.20. The minimum atomic E-state index is -1.39. The minimum absolute atomic E-state index is 0.105. The lowest BCUT2D eigenvalue weighted by Gasteiger charge is -2.31. The Balaban J connectivity index is 5.52. The van der Waals surface area contributed by atoms with E-state index < -0.39 is 53.2 Å². The molecule has 0 spiro atoms. The quantitative estimate of drug-likeness (QED) is 0.0253. The van der Waals surface area contributed by atoms with Crippen molar-refractivity contribution in [3.63, 3.8) is 0 Å². The van der Waals surface area contributed by atoms with E-state index in [2.05, 4.69) is 0 Å². The molecule has 0 aliphatic heterocycles. The van der Waals surface area contributed by atoms with E-state index in [1.165, 1.54) is 0 Å². The zero-order chi connectivity index (χ0) is 45.4. The second-order valence-corrected chi connectivity index (χ2v) is 16.2. The van der Waals surface area contributed by atoms with Gasteiger partial charge in [-0.25, -0.2) is 0 Å². The van der Waals surface area contributed by atoms with E-state index in [0.29, 0.717) is 51.4 Å². The number of carboxylic acids is 4. The molecule has 0 saturated carbocycles. The molecule has 0 aromatic carbocycles. The number of hydrogen-bond donors (Lipinski definition) is 4. The standard InChI is InChI=1S/C45H76O16/c46-37(47)25-17-9-1-5-13-21-29-41(54)58-33-45(34-59-42(55)30-22-14-6-2-10-18-26-38(48)49,35-60-43(56)31-23-15-7-3-11-19-27-39(50)51)36-61-44(57)32-24-16-8-4-12-20-28-40(52)53/h1-36H2,(H,46,47)(H,48,49)(H,50,51)(H,52,53). The number of unbranched alkanes of at least 4 members (excludes halogenated alkanes) is 20. The maximum atomic E-state index is 12.9. The van der Waals surface area contributed by atoms with Crippen LogP contribution in [0.4, 0.5) is 0 Å². The van der Waals surface area contributed by atoms with Gasteiger partial charge >= 0.3 is 47.8 Å². The van der Waals surface area contributed by atoms with E-state index >= 15 is 0 Å². The zero-order valence-electron chi connectivity index (χ0n) is 36.6. The molecule has 0 heterocycles. The SMILES string of the molecule is O=C(O)CCCCCCCCC(=O)OCC(COC(=O)CCCCCCCCC(=O)O)(COC(=O)CCCCCCCCC(=O)O)COC(=O)CCCCCCCCC(=O)O. The number of carbonyl (C=O) groups is 8. The number of carboxylic acid groups (broad SMARTS) is 4. The molecule has 0 radical (unpaired) electrons. The van der Waals surface area contributed by atoms with E-state index in [9.17, 15) is 38.4 Å². The Morgan fingerprint density at radius 1 is 0.246 bits per heavy atom. The molecule has 0 aliphatic rings. The minimum Gasteiger partial charge on any atom is -0.481 e. The van der Waals surface area contributed by atoms with Crippen molar-refractivity contribution in [2.75, 3.05) is 26.4 Å². The summed E-state index contributed by atoms with van der Waals surface area (Å²) in [6.45, 7) is -1.40. The number of hydrogen-bond acceptors (Lipinski definition) is 12. The molecule has 0 atom stereocenters. The summed E-state index contributed by atoms with van der Waals surface area (Å²) in [6.07, 6.45) is 18.3. The maximum absolute atomic E-state index is 12.9. The second kappa shape index (κ2) is 38.7. The number of esters is 4. The lowest BCUT2D eigenvalue weighted by atomic mass is 9.92. The first-order valence-electron chi connectivity index (χ1n) is 22.7. The molecule has 0 fully saturated rings. The van der Waals surface area contributed by atoms with Crippen molar-refractivity contribution in [2.24, 2.45) is 5.41 Å². The Morgan fingerprint density at radius 2 is 0.393 bits per heavy atom. The summed E-state index contributed by atoms with van der Waals surface area (Å²) >= 11 is 0. The lowest BCUT2D eigenvalue weighted by molar-refractivity contribution is -0.171. The second-order valence-electron chi connectivity index (χ2n) is 16.2. The van der Waals surface area contributed by atoms with Gasteiger partial charge < -0.3 is 39.4 Å². The topological polar surface area (TPSA) is 254 Å². The van der Waals surface area contributed by atoms with E-state index in [1.54, 1.807) is 0 Å². The fourth-order valence-electron chi connectivity index (χ4n) is 6.48. The van der Waals surface area contributed by atoms with Crippen LogP contribution in [0.1, 0.15) is 205 Å². The summed E-state index contributed by atoms with van der Waals surface area (Å²) in [6, 6.07) is 0. The van der Waals surface area contributed by atoms with Crippen molar-refractivity contribution in [1.82, 2.24) is 0 Å². The van der Waals surface area contributed by atoms with Gasteiger partial charge in [0.2, 0.25) is 0 Å². The highest BCUT2D eigenvalue weighted by Gasteiger charge is 2.38.